The summed E-state index contributed by atoms with van der Waals surface area (Å²) in [5, 5.41) is 3.21. The summed E-state index contributed by atoms with van der Waals surface area (Å²) in [6.45, 7) is 7.82. The number of thioether (sulfide) groups is 1. The molecule has 1 fully saturated rings. The first kappa shape index (κ1) is 37.9. The molecule has 0 radical (unpaired) electrons. The van der Waals surface area contributed by atoms with Crippen LogP contribution in [0.1, 0.15) is 136 Å². The molecule has 2 heterocycles. The molecule has 1 aliphatic heterocycles. The van der Waals surface area contributed by atoms with Gasteiger partial charge in [-0.2, -0.15) is 0 Å². The first-order valence-corrected chi connectivity index (χ1v) is 18.4. The van der Waals surface area contributed by atoms with Gasteiger partial charge in [0, 0.05) is 36.1 Å². The summed E-state index contributed by atoms with van der Waals surface area (Å²) in [6, 6.07) is 5.71. The summed E-state index contributed by atoms with van der Waals surface area (Å²) in [6.07, 6.45) is 23.1. The lowest BCUT2D eigenvalue weighted by atomic mass is 10.0. The van der Waals surface area contributed by atoms with Gasteiger partial charge in [0.05, 0.1) is 0 Å². The van der Waals surface area contributed by atoms with Gasteiger partial charge in [0.2, 0.25) is 11.6 Å². The largest absolute Gasteiger partial charge is 0.448 e. The minimum atomic E-state index is -0.627. The van der Waals surface area contributed by atoms with E-state index in [0.29, 0.717) is 13.2 Å². The number of hydrogen-bond acceptors (Lipinski definition) is 6. The van der Waals surface area contributed by atoms with Crippen LogP contribution in [0.3, 0.4) is 0 Å². The van der Waals surface area contributed by atoms with E-state index in [1.807, 2.05) is 35.9 Å². The molecule has 3 amide bonds. The zero-order chi connectivity index (χ0) is 31.8. The molecular formula is C35H60N3O5S+. The van der Waals surface area contributed by atoms with Crippen LogP contribution in [-0.2, 0) is 27.4 Å². The molecule has 1 aromatic rings. The van der Waals surface area contributed by atoms with Crippen molar-refractivity contribution in [2.45, 2.75) is 154 Å². The zero-order valence-corrected chi connectivity index (χ0v) is 28.7. The third-order valence-electron chi connectivity index (χ3n) is 8.30. The highest BCUT2D eigenvalue weighted by Gasteiger charge is 2.33. The fraction of sp³-hybridized carbons (Fsp3) is 0.771. The molecule has 44 heavy (non-hydrogen) atoms. The number of rotatable bonds is 24. The van der Waals surface area contributed by atoms with E-state index in [1.54, 1.807) is 11.8 Å². The quantitative estimate of drug-likeness (QED) is 0.0908. The highest BCUT2D eigenvalue weighted by Crippen LogP contribution is 2.37. The van der Waals surface area contributed by atoms with Crippen molar-refractivity contribution in [3.63, 3.8) is 0 Å². The van der Waals surface area contributed by atoms with Gasteiger partial charge in [-0.15, -0.1) is 11.8 Å². The van der Waals surface area contributed by atoms with Gasteiger partial charge < -0.3 is 14.8 Å². The van der Waals surface area contributed by atoms with Crippen LogP contribution in [-0.4, -0.2) is 53.3 Å². The number of imide groups is 1. The van der Waals surface area contributed by atoms with E-state index < -0.39 is 6.09 Å². The highest BCUT2D eigenvalue weighted by atomic mass is 32.2. The summed E-state index contributed by atoms with van der Waals surface area (Å²) in [4.78, 5) is 37.9. The Bertz CT molecular complexity index is 941. The van der Waals surface area contributed by atoms with Crippen molar-refractivity contribution >= 4 is 29.9 Å². The van der Waals surface area contributed by atoms with Crippen molar-refractivity contribution in [1.29, 1.82) is 0 Å². The molecule has 0 spiro atoms. The van der Waals surface area contributed by atoms with Crippen molar-refractivity contribution in [2.75, 3.05) is 19.8 Å². The maximum atomic E-state index is 12.6. The van der Waals surface area contributed by atoms with Crippen molar-refractivity contribution in [3.8, 4) is 0 Å². The predicted octanol–water partition coefficient (Wildman–Crippen LogP) is 8.34. The highest BCUT2D eigenvalue weighted by molar-refractivity contribution is 8.01. The standard InChI is InChI=1S/C35H59N3O5S/c1-4-6-7-8-9-10-11-12-13-14-15-16-17-18-19-21-24-36-34(40)42-28-32-26-33(44-32)29-43-35(41)38(30(3)39)27-31-23-20-22-25-37(31)5-2/h20,22-23,25,32-33H,4-19,21,24,26-29H2,1-3H3/p+1/t32-,33+/m0/s1. The van der Waals surface area contributed by atoms with Gasteiger partial charge in [0.1, 0.15) is 26.3 Å². The minimum absolute atomic E-state index is 0.145. The number of carbonyl (C=O) groups is 3. The fourth-order valence-electron chi connectivity index (χ4n) is 5.52. The molecule has 0 aromatic carbocycles. The molecule has 9 heteroatoms. The molecule has 0 bridgehead atoms. The van der Waals surface area contributed by atoms with Crippen LogP contribution in [0.4, 0.5) is 9.59 Å². The number of alkyl carbamates (subject to hydrolysis) is 1. The van der Waals surface area contributed by atoms with Crippen LogP contribution in [0.2, 0.25) is 0 Å². The van der Waals surface area contributed by atoms with Gasteiger partial charge in [-0.05, 0) is 19.8 Å². The number of hydrogen-bond donors (Lipinski definition) is 1. The Hall–Kier alpha value is -2.29. The summed E-state index contributed by atoms with van der Waals surface area (Å²) in [5.74, 6) is -0.348. The monoisotopic (exact) mass is 634 g/mol. The van der Waals surface area contributed by atoms with Crippen molar-refractivity contribution in [1.82, 2.24) is 10.2 Å². The van der Waals surface area contributed by atoms with Crippen LogP contribution in [0.25, 0.3) is 0 Å². The number of nitrogens with one attached hydrogen (secondary N) is 1. The molecule has 2 rings (SSSR count). The predicted molar refractivity (Wildman–Crippen MR) is 179 cm³/mol. The van der Waals surface area contributed by atoms with Crippen LogP contribution < -0.4 is 9.88 Å². The lowest BCUT2D eigenvalue weighted by Gasteiger charge is -2.34. The van der Waals surface area contributed by atoms with E-state index in [2.05, 4.69) is 12.2 Å². The summed E-state index contributed by atoms with van der Waals surface area (Å²) >= 11 is 1.65. The number of pyridine rings is 1. The maximum absolute atomic E-state index is 12.6. The zero-order valence-electron chi connectivity index (χ0n) is 27.9. The van der Waals surface area contributed by atoms with Gasteiger partial charge in [0.15, 0.2) is 6.20 Å². The van der Waals surface area contributed by atoms with Crippen molar-refractivity contribution in [2.24, 2.45) is 0 Å². The van der Waals surface area contributed by atoms with E-state index in [4.69, 9.17) is 9.47 Å². The lowest BCUT2D eigenvalue weighted by Crippen LogP contribution is -2.44. The Labute approximate surface area is 271 Å². The Morgan fingerprint density at radius 3 is 1.86 bits per heavy atom. The molecule has 1 N–H and O–H groups in total. The Balaban J connectivity index is 1.40. The molecule has 8 nitrogen and oxygen atoms in total. The average molecular weight is 635 g/mol. The molecule has 1 aliphatic rings. The molecule has 1 saturated heterocycles. The van der Waals surface area contributed by atoms with Crippen molar-refractivity contribution < 1.29 is 28.4 Å². The van der Waals surface area contributed by atoms with E-state index >= 15 is 0 Å². The molecule has 250 valence electrons. The second-order valence-electron chi connectivity index (χ2n) is 12.1. The number of aryl methyl sites for hydroxylation is 1. The van der Waals surface area contributed by atoms with Crippen LogP contribution in [0.5, 0.6) is 0 Å². The minimum Gasteiger partial charge on any atom is -0.448 e. The average Bonchev–Trinajstić information content (AvgIpc) is 3.00. The first-order valence-electron chi connectivity index (χ1n) is 17.4. The van der Waals surface area contributed by atoms with Gasteiger partial charge in [-0.25, -0.2) is 19.1 Å². The number of nitrogens with zero attached hydrogens (tertiary/aromatic N) is 2. The summed E-state index contributed by atoms with van der Waals surface area (Å²) < 4.78 is 12.8. The van der Waals surface area contributed by atoms with Crippen molar-refractivity contribution in [3.05, 3.63) is 30.1 Å². The van der Waals surface area contributed by atoms with Gasteiger partial charge >= 0.3 is 12.2 Å². The second kappa shape index (κ2) is 24.0. The molecule has 0 saturated carbocycles. The normalized spacial score (nSPS) is 15.8. The molecule has 0 unspecified atom stereocenters. The second-order valence-corrected chi connectivity index (χ2v) is 13.7. The Morgan fingerprint density at radius 1 is 0.818 bits per heavy atom. The SMILES string of the molecule is CCCCCCCCCCCCCCCCCCNC(=O)OC[C@@H]1C[C@H](COC(=O)N(Cc2cccc[n+]2CC)C(C)=O)S1. The third kappa shape index (κ3) is 16.7. The van der Waals surface area contributed by atoms with Gasteiger partial charge in [-0.3, -0.25) is 4.79 Å². The smallest absolute Gasteiger partial charge is 0.417 e. The van der Waals surface area contributed by atoms with Crippen LogP contribution in [0, 0.1) is 0 Å². The third-order valence-corrected chi connectivity index (χ3v) is 9.73. The topological polar surface area (TPSA) is 88.8 Å². The number of aromatic nitrogens is 1. The number of amides is 3. The number of carbonyl (C=O) groups excluding carboxylic acids is 3. The van der Waals surface area contributed by atoms with E-state index in [0.717, 1.165) is 36.4 Å². The summed E-state index contributed by atoms with van der Waals surface area (Å²) in [5.41, 5.74) is 0.866. The van der Waals surface area contributed by atoms with E-state index in [9.17, 15) is 14.4 Å². The van der Waals surface area contributed by atoms with E-state index in [-0.39, 0.29) is 35.7 Å². The van der Waals surface area contributed by atoms with E-state index in [1.165, 1.54) is 96.8 Å². The molecule has 2 atom stereocenters. The number of ether oxygens (including phenoxy) is 2. The fourth-order valence-corrected chi connectivity index (χ4v) is 6.69. The Morgan fingerprint density at radius 2 is 1.34 bits per heavy atom. The Kier molecular flexibility index (Phi) is 20.7. The van der Waals surface area contributed by atoms with Gasteiger partial charge in [-0.1, -0.05) is 109 Å². The summed E-state index contributed by atoms with van der Waals surface area (Å²) in [7, 11) is 0. The molecular weight excluding hydrogens is 574 g/mol. The molecule has 0 aliphatic carbocycles. The maximum Gasteiger partial charge on any atom is 0.417 e. The number of unbranched alkanes of at least 4 members (excludes halogenated alkanes) is 15. The van der Waals surface area contributed by atoms with Crippen LogP contribution >= 0.6 is 11.8 Å². The molecule has 1 aromatic heterocycles. The lowest BCUT2D eigenvalue weighted by molar-refractivity contribution is -0.701. The first-order chi connectivity index (χ1) is 21.4. The van der Waals surface area contributed by atoms with Gasteiger partial charge in [0.25, 0.3) is 0 Å². The van der Waals surface area contributed by atoms with Crippen LogP contribution in [0.15, 0.2) is 24.4 Å².